The maximum atomic E-state index is 12.8. The van der Waals surface area contributed by atoms with Crippen LogP contribution in [0.3, 0.4) is 0 Å². The minimum absolute atomic E-state index is 0.0432. The molecule has 2 fully saturated rings. The quantitative estimate of drug-likeness (QED) is 0.802. The first kappa shape index (κ1) is 15.3. The van der Waals surface area contributed by atoms with Crippen molar-refractivity contribution < 1.29 is 18.0 Å². The predicted molar refractivity (Wildman–Crippen MR) is 75.2 cm³/mol. The zero-order valence-electron chi connectivity index (χ0n) is 12.7. The summed E-state index contributed by atoms with van der Waals surface area (Å²) in [4.78, 5) is 16.6. The van der Waals surface area contributed by atoms with Gasteiger partial charge >= 0.3 is 6.18 Å². The van der Waals surface area contributed by atoms with Gasteiger partial charge in [0.25, 0.3) is 0 Å². The number of amides is 1. The van der Waals surface area contributed by atoms with E-state index in [4.69, 9.17) is 0 Å². The average molecular weight is 312 g/mol. The van der Waals surface area contributed by atoms with E-state index in [-0.39, 0.29) is 17.0 Å². The van der Waals surface area contributed by atoms with E-state index in [1.54, 1.807) is 4.90 Å². The van der Waals surface area contributed by atoms with Crippen molar-refractivity contribution in [3.8, 4) is 0 Å². The summed E-state index contributed by atoms with van der Waals surface area (Å²) in [5, 5.41) is 0. The van der Waals surface area contributed by atoms with Gasteiger partial charge in [-0.1, -0.05) is 6.92 Å². The summed E-state index contributed by atoms with van der Waals surface area (Å²) in [7, 11) is 0. The average Bonchev–Trinajstić information content (AvgIpc) is 2.33. The second kappa shape index (κ2) is 4.96. The van der Waals surface area contributed by atoms with Gasteiger partial charge in [-0.2, -0.15) is 13.2 Å². The Labute approximate surface area is 127 Å². The van der Waals surface area contributed by atoms with Gasteiger partial charge < -0.3 is 4.90 Å². The number of aromatic nitrogens is 1. The molecule has 1 aromatic rings. The molecule has 0 aromatic carbocycles. The Morgan fingerprint density at radius 1 is 1.36 bits per heavy atom. The van der Waals surface area contributed by atoms with E-state index in [1.807, 2.05) is 6.92 Å². The SMILES string of the molecule is Cc1nc(C(C)C2CC3(C2)CN(C=O)C3)ccc1C(F)(F)F. The zero-order valence-corrected chi connectivity index (χ0v) is 12.7. The Balaban J connectivity index is 1.66. The van der Waals surface area contributed by atoms with Gasteiger partial charge in [-0.05, 0) is 37.8 Å². The second-order valence-electron chi connectivity index (χ2n) is 6.83. The molecule has 1 spiro atoms. The summed E-state index contributed by atoms with van der Waals surface area (Å²) < 4.78 is 38.3. The van der Waals surface area contributed by atoms with Crippen molar-refractivity contribution in [2.45, 2.75) is 38.8 Å². The molecule has 3 rings (SSSR count). The normalized spacial score (nSPS) is 22.1. The van der Waals surface area contributed by atoms with Crippen molar-refractivity contribution in [2.75, 3.05) is 13.1 Å². The molecule has 1 saturated heterocycles. The van der Waals surface area contributed by atoms with Gasteiger partial charge in [-0.3, -0.25) is 9.78 Å². The number of alkyl halides is 3. The predicted octanol–water partition coefficient (Wildman–Crippen LogP) is 3.38. The highest BCUT2D eigenvalue weighted by Crippen LogP contribution is 2.55. The molecule has 1 unspecified atom stereocenters. The van der Waals surface area contributed by atoms with Crippen molar-refractivity contribution in [2.24, 2.45) is 11.3 Å². The first-order valence-corrected chi connectivity index (χ1v) is 7.48. The first-order chi connectivity index (χ1) is 10.2. The molecular weight excluding hydrogens is 293 g/mol. The van der Waals surface area contributed by atoms with Gasteiger partial charge in [-0.15, -0.1) is 0 Å². The van der Waals surface area contributed by atoms with Crippen LogP contribution in [-0.2, 0) is 11.0 Å². The molecule has 1 atom stereocenters. The number of likely N-dealkylation sites (tertiary alicyclic amines) is 1. The number of hydrogen-bond acceptors (Lipinski definition) is 2. The van der Waals surface area contributed by atoms with Crippen LogP contribution in [0.15, 0.2) is 12.1 Å². The molecule has 1 amide bonds. The molecule has 0 bridgehead atoms. The molecule has 1 aliphatic heterocycles. The van der Waals surface area contributed by atoms with Crippen LogP contribution in [0.4, 0.5) is 13.2 Å². The van der Waals surface area contributed by atoms with Crippen molar-refractivity contribution in [1.82, 2.24) is 9.88 Å². The number of carbonyl (C=O) groups is 1. The fraction of sp³-hybridized carbons (Fsp3) is 0.625. The van der Waals surface area contributed by atoms with Gasteiger partial charge in [-0.25, -0.2) is 0 Å². The number of halogens is 3. The van der Waals surface area contributed by atoms with Crippen molar-refractivity contribution >= 4 is 6.41 Å². The standard InChI is InChI=1S/C16H19F3N2O/c1-10(12-5-15(6-12)7-21(8-15)9-22)14-4-3-13(11(2)20-14)16(17,18)19/h3-4,9-10,12H,5-8H2,1-2H3. The molecule has 3 nitrogen and oxygen atoms in total. The molecule has 1 aromatic heterocycles. The molecular formula is C16H19F3N2O. The van der Waals surface area contributed by atoms with Crippen LogP contribution in [0, 0.1) is 18.3 Å². The van der Waals surface area contributed by atoms with E-state index in [0.717, 1.165) is 44.1 Å². The molecule has 1 aliphatic carbocycles. The third kappa shape index (κ3) is 2.48. The van der Waals surface area contributed by atoms with Crippen molar-refractivity contribution in [3.05, 3.63) is 29.1 Å². The minimum Gasteiger partial charge on any atom is -0.344 e. The second-order valence-corrected chi connectivity index (χ2v) is 6.83. The van der Waals surface area contributed by atoms with E-state index >= 15 is 0 Å². The Hall–Kier alpha value is -1.59. The summed E-state index contributed by atoms with van der Waals surface area (Å²) >= 11 is 0. The van der Waals surface area contributed by atoms with Crippen LogP contribution >= 0.6 is 0 Å². The number of carbonyl (C=O) groups excluding carboxylic acids is 1. The topological polar surface area (TPSA) is 33.2 Å². The molecule has 6 heteroatoms. The monoisotopic (exact) mass is 312 g/mol. The van der Waals surface area contributed by atoms with E-state index in [2.05, 4.69) is 4.98 Å². The van der Waals surface area contributed by atoms with Crippen LogP contribution in [0.1, 0.15) is 42.6 Å². The molecule has 120 valence electrons. The molecule has 0 N–H and O–H groups in total. The largest absolute Gasteiger partial charge is 0.418 e. The van der Waals surface area contributed by atoms with Crippen LogP contribution in [-0.4, -0.2) is 29.4 Å². The minimum atomic E-state index is -4.34. The summed E-state index contributed by atoms with van der Waals surface area (Å²) in [6, 6.07) is 2.64. The highest BCUT2D eigenvalue weighted by molar-refractivity contribution is 5.49. The third-order valence-electron chi connectivity index (χ3n) is 5.20. The van der Waals surface area contributed by atoms with E-state index in [0.29, 0.717) is 5.92 Å². The van der Waals surface area contributed by atoms with Crippen LogP contribution in [0.2, 0.25) is 0 Å². The maximum Gasteiger partial charge on any atom is 0.418 e. The highest BCUT2D eigenvalue weighted by atomic mass is 19.4. The summed E-state index contributed by atoms with van der Waals surface area (Å²) in [6.45, 7) is 5.08. The van der Waals surface area contributed by atoms with Gasteiger partial charge in [0, 0.05) is 35.8 Å². The van der Waals surface area contributed by atoms with Crippen LogP contribution < -0.4 is 0 Å². The zero-order chi connectivity index (χ0) is 16.1. The number of hydrogen-bond donors (Lipinski definition) is 0. The lowest BCUT2D eigenvalue weighted by Crippen LogP contribution is -2.62. The lowest BCUT2D eigenvalue weighted by molar-refractivity contribution is -0.142. The third-order valence-corrected chi connectivity index (χ3v) is 5.20. The van der Waals surface area contributed by atoms with E-state index in [9.17, 15) is 18.0 Å². The van der Waals surface area contributed by atoms with Gasteiger partial charge in [0.15, 0.2) is 0 Å². The Morgan fingerprint density at radius 3 is 2.50 bits per heavy atom. The fourth-order valence-corrected chi connectivity index (χ4v) is 3.93. The Kier molecular flexibility index (Phi) is 3.45. The molecule has 0 radical (unpaired) electrons. The molecule has 2 aliphatic rings. The lowest BCUT2D eigenvalue weighted by atomic mass is 9.54. The van der Waals surface area contributed by atoms with Gasteiger partial charge in [0.1, 0.15) is 0 Å². The van der Waals surface area contributed by atoms with Gasteiger partial charge in [0.05, 0.1) is 5.56 Å². The van der Waals surface area contributed by atoms with E-state index in [1.165, 1.54) is 13.0 Å². The molecule has 1 saturated carbocycles. The maximum absolute atomic E-state index is 12.8. The van der Waals surface area contributed by atoms with Crippen molar-refractivity contribution in [3.63, 3.8) is 0 Å². The number of aryl methyl sites for hydroxylation is 1. The Bertz CT molecular complexity index is 586. The van der Waals surface area contributed by atoms with Gasteiger partial charge in [0.2, 0.25) is 6.41 Å². The molecule has 22 heavy (non-hydrogen) atoms. The van der Waals surface area contributed by atoms with E-state index < -0.39 is 11.7 Å². The summed E-state index contributed by atoms with van der Waals surface area (Å²) in [6.07, 6.45) is -1.41. The van der Waals surface area contributed by atoms with Crippen molar-refractivity contribution in [1.29, 1.82) is 0 Å². The molecule has 2 heterocycles. The van der Waals surface area contributed by atoms with Crippen LogP contribution in [0.5, 0.6) is 0 Å². The smallest absolute Gasteiger partial charge is 0.344 e. The first-order valence-electron chi connectivity index (χ1n) is 7.48. The fourth-order valence-electron chi connectivity index (χ4n) is 3.93. The van der Waals surface area contributed by atoms with Crippen LogP contribution in [0.25, 0.3) is 0 Å². The number of rotatable bonds is 3. The number of nitrogens with zero attached hydrogens (tertiary/aromatic N) is 2. The summed E-state index contributed by atoms with van der Waals surface area (Å²) in [5.41, 5.74) is 0.383. The Morgan fingerprint density at radius 2 is 2.00 bits per heavy atom. The summed E-state index contributed by atoms with van der Waals surface area (Å²) in [5.74, 6) is 0.592. The lowest BCUT2D eigenvalue weighted by Gasteiger charge is -2.59. The highest BCUT2D eigenvalue weighted by Gasteiger charge is 2.53. The number of pyridine rings is 1.